The normalized spacial score (nSPS) is 18.0. The number of hydrogen-bond acceptors (Lipinski definition) is 3. The standard InChI is InChI=1S/C18H23N3O3/c1-13(22)15-6-3-7-16(12-15)19-18(24)21-10-8-20(9-11-21)17(23)14-4-2-5-14/h3,6-7,12,14H,2,4-5,8-11H2,1H3,(H,19,24). The number of nitrogens with one attached hydrogen (secondary N) is 1. The Hall–Kier alpha value is -2.37. The molecule has 2 fully saturated rings. The third-order valence-corrected chi connectivity index (χ3v) is 4.85. The molecule has 0 atom stereocenters. The maximum Gasteiger partial charge on any atom is 0.321 e. The highest BCUT2D eigenvalue weighted by atomic mass is 16.2. The molecule has 24 heavy (non-hydrogen) atoms. The van der Waals surface area contributed by atoms with E-state index in [4.69, 9.17) is 0 Å². The Balaban J connectivity index is 1.52. The van der Waals surface area contributed by atoms with E-state index in [1.54, 1.807) is 29.2 Å². The van der Waals surface area contributed by atoms with Crippen molar-refractivity contribution in [3.8, 4) is 0 Å². The van der Waals surface area contributed by atoms with E-state index in [0.29, 0.717) is 37.4 Å². The van der Waals surface area contributed by atoms with Crippen LogP contribution in [0, 0.1) is 5.92 Å². The van der Waals surface area contributed by atoms with E-state index in [1.807, 2.05) is 4.90 Å². The number of rotatable bonds is 3. The molecule has 0 bridgehead atoms. The number of amides is 3. The average Bonchev–Trinajstić information content (AvgIpc) is 2.53. The fourth-order valence-corrected chi connectivity index (χ4v) is 3.06. The van der Waals surface area contributed by atoms with Crippen LogP contribution in [-0.2, 0) is 4.79 Å². The van der Waals surface area contributed by atoms with Gasteiger partial charge >= 0.3 is 6.03 Å². The van der Waals surface area contributed by atoms with Gasteiger partial charge in [-0.05, 0) is 31.9 Å². The lowest BCUT2D eigenvalue weighted by atomic mass is 9.84. The van der Waals surface area contributed by atoms with Crippen LogP contribution in [0.15, 0.2) is 24.3 Å². The molecular formula is C18H23N3O3. The van der Waals surface area contributed by atoms with Gasteiger partial charge in [0.25, 0.3) is 0 Å². The Labute approximate surface area is 141 Å². The fourth-order valence-electron chi connectivity index (χ4n) is 3.06. The lowest BCUT2D eigenvalue weighted by molar-refractivity contribution is -0.139. The van der Waals surface area contributed by atoms with E-state index < -0.39 is 0 Å². The first-order valence-electron chi connectivity index (χ1n) is 8.50. The summed E-state index contributed by atoms with van der Waals surface area (Å²) < 4.78 is 0. The van der Waals surface area contributed by atoms with Crippen LogP contribution in [-0.4, -0.2) is 53.7 Å². The van der Waals surface area contributed by atoms with Gasteiger partial charge < -0.3 is 15.1 Å². The number of anilines is 1. The van der Waals surface area contributed by atoms with Gasteiger partial charge in [0.1, 0.15) is 0 Å². The molecule has 2 aliphatic rings. The lowest BCUT2D eigenvalue weighted by Gasteiger charge is -2.38. The minimum atomic E-state index is -0.188. The highest BCUT2D eigenvalue weighted by molar-refractivity contribution is 5.96. The molecule has 1 saturated heterocycles. The zero-order chi connectivity index (χ0) is 17.1. The maximum absolute atomic E-state index is 12.4. The highest BCUT2D eigenvalue weighted by Gasteiger charge is 2.32. The number of Topliss-reactive ketones (excluding diaryl/α,β-unsaturated/α-hetero) is 1. The third kappa shape index (κ3) is 3.58. The summed E-state index contributed by atoms with van der Waals surface area (Å²) in [5.41, 5.74) is 1.18. The van der Waals surface area contributed by atoms with Gasteiger partial charge in [-0.1, -0.05) is 18.6 Å². The second kappa shape index (κ2) is 7.03. The Bertz CT molecular complexity index is 647. The van der Waals surface area contributed by atoms with E-state index >= 15 is 0 Å². The van der Waals surface area contributed by atoms with E-state index in [1.165, 1.54) is 6.92 Å². The number of hydrogen-bond donors (Lipinski definition) is 1. The Morgan fingerprint density at radius 1 is 1.04 bits per heavy atom. The number of carbonyl (C=O) groups is 3. The van der Waals surface area contributed by atoms with Crippen LogP contribution in [0.25, 0.3) is 0 Å². The number of carbonyl (C=O) groups excluding carboxylic acids is 3. The Morgan fingerprint density at radius 2 is 1.71 bits per heavy atom. The smallest absolute Gasteiger partial charge is 0.321 e. The van der Waals surface area contributed by atoms with Gasteiger partial charge in [0.15, 0.2) is 5.78 Å². The molecule has 1 heterocycles. The quantitative estimate of drug-likeness (QED) is 0.866. The minimum absolute atomic E-state index is 0.0331. The van der Waals surface area contributed by atoms with Crippen molar-refractivity contribution in [2.75, 3.05) is 31.5 Å². The maximum atomic E-state index is 12.4. The number of urea groups is 1. The first kappa shape index (κ1) is 16.5. The van der Waals surface area contributed by atoms with Gasteiger partial charge in [-0.3, -0.25) is 9.59 Å². The topological polar surface area (TPSA) is 69.7 Å². The van der Waals surface area contributed by atoms with Crippen LogP contribution < -0.4 is 5.32 Å². The summed E-state index contributed by atoms with van der Waals surface area (Å²) in [6, 6.07) is 6.73. The highest BCUT2D eigenvalue weighted by Crippen LogP contribution is 2.28. The molecule has 128 valence electrons. The van der Waals surface area contributed by atoms with Crippen LogP contribution in [0.2, 0.25) is 0 Å². The molecule has 0 spiro atoms. The van der Waals surface area contributed by atoms with E-state index in [-0.39, 0.29) is 23.6 Å². The van der Waals surface area contributed by atoms with Crippen LogP contribution in [0.1, 0.15) is 36.5 Å². The van der Waals surface area contributed by atoms with Gasteiger partial charge in [-0.15, -0.1) is 0 Å². The molecule has 6 heteroatoms. The molecule has 1 saturated carbocycles. The molecule has 0 aromatic heterocycles. The number of piperazine rings is 1. The van der Waals surface area contributed by atoms with E-state index in [2.05, 4.69) is 5.32 Å². The zero-order valence-corrected chi connectivity index (χ0v) is 14.0. The van der Waals surface area contributed by atoms with E-state index in [0.717, 1.165) is 19.3 Å². The molecule has 1 aliphatic carbocycles. The summed E-state index contributed by atoms with van der Waals surface area (Å²) in [5, 5.41) is 2.83. The second-order valence-corrected chi connectivity index (χ2v) is 6.51. The van der Waals surface area contributed by atoms with Crippen molar-refractivity contribution in [2.24, 2.45) is 5.92 Å². The summed E-state index contributed by atoms with van der Waals surface area (Å²) in [4.78, 5) is 39.6. The summed E-state index contributed by atoms with van der Waals surface area (Å²) in [6.07, 6.45) is 3.16. The molecule has 1 aromatic carbocycles. The van der Waals surface area contributed by atoms with Gasteiger partial charge in [-0.25, -0.2) is 4.79 Å². The van der Waals surface area contributed by atoms with Gasteiger partial charge in [0.05, 0.1) is 0 Å². The van der Waals surface area contributed by atoms with E-state index in [9.17, 15) is 14.4 Å². The molecule has 1 aliphatic heterocycles. The Kier molecular flexibility index (Phi) is 4.83. The monoisotopic (exact) mass is 329 g/mol. The summed E-state index contributed by atoms with van der Waals surface area (Å²) in [5.74, 6) is 0.421. The van der Waals surface area contributed by atoms with Crippen molar-refractivity contribution in [1.82, 2.24) is 9.80 Å². The van der Waals surface area contributed by atoms with Crippen molar-refractivity contribution in [2.45, 2.75) is 26.2 Å². The molecule has 6 nitrogen and oxygen atoms in total. The first-order valence-corrected chi connectivity index (χ1v) is 8.50. The molecular weight excluding hydrogens is 306 g/mol. The molecule has 0 radical (unpaired) electrons. The number of nitrogens with zero attached hydrogens (tertiary/aromatic N) is 2. The van der Waals surface area contributed by atoms with Gasteiger partial charge in [0.2, 0.25) is 5.91 Å². The van der Waals surface area contributed by atoms with Crippen molar-refractivity contribution in [1.29, 1.82) is 0 Å². The van der Waals surface area contributed by atoms with Gasteiger partial charge in [0, 0.05) is 43.3 Å². The third-order valence-electron chi connectivity index (χ3n) is 4.85. The first-order chi connectivity index (χ1) is 11.5. The zero-order valence-electron chi connectivity index (χ0n) is 14.0. The Morgan fingerprint density at radius 3 is 2.29 bits per heavy atom. The summed E-state index contributed by atoms with van der Waals surface area (Å²) in [6.45, 7) is 3.76. The second-order valence-electron chi connectivity index (χ2n) is 6.51. The van der Waals surface area contributed by atoms with Crippen LogP contribution in [0.3, 0.4) is 0 Å². The number of ketones is 1. The largest absolute Gasteiger partial charge is 0.339 e. The van der Waals surface area contributed by atoms with Crippen LogP contribution in [0.4, 0.5) is 10.5 Å². The predicted octanol–water partition coefficient (Wildman–Crippen LogP) is 2.37. The fraction of sp³-hybridized carbons (Fsp3) is 0.500. The van der Waals surface area contributed by atoms with Crippen LogP contribution in [0.5, 0.6) is 0 Å². The minimum Gasteiger partial charge on any atom is -0.339 e. The van der Waals surface area contributed by atoms with Crippen molar-refractivity contribution in [3.63, 3.8) is 0 Å². The molecule has 0 unspecified atom stereocenters. The summed E-state index contributed by atoms with van der Waals surface area (Å²) in [7, 11) is 0. The van der Waals surface area contributed by atoms with Crippen molar-refractivity contribution >= 4 is 23.4 Å². The molecule has 1 N–H and O–H groups in total. The van der Waals surface area contributed by atoms with Crippen molar-refractivity contribution in [3.05, 3.63) is 29.8 Å². The SMILES string of the molecule is CC(=O)c1cccc(NC(=O)N2CCN(C(=O)C3CCC3)CC2)c1. The van der Waals surface area contributed by atoms with Gasteiger partial charge in [-0.2, -0.15) is 0 Å². The number of benzene rings is 1. The van der Waals surface area contributed by atoms with Crippen LogP contribution >= 0.6 is 0 Å². The summed E-state index contributed by atoms with van der Waals surface area (Å²) >= 11 is 0. The lowest BCUT2D eigenvalue weighted by Crippen LogP contribution is -2.53. The predicted molar refractivity (Wildman–Crippen MR) is 91.0 cm³/mol. The molecule has 1 aromatic rings. The molecule has 3 amide bonds. The van der Waals surface area contributed by atoms with Crippen molar-refractivity contribution < 1.29 is 14.4 Å². The average molecular weight is 329 g/mol. The molecule has 3 rings (SSSR count).